The minimum absolute atomic E-state index is 0.520. The van der Waals surface area contributed by atoms with Gasteiger partial charge >= 0.3 is 0 Å². The van der Waals surface area contributed by atoms with Gasteiger partial charge in [0, 0.05) is 10.7 Å². The first kappa shape index (κ1) is 14.5. The molecular formula is C15H15Br2NO. The van der Waals surface area contributed by atoms with Gasteiger partial charge in [0.05, 0.1) is 4.47 Å². The maximum Gasteiger partial charge on any atom is 0.233 e. The average Bonchev–Trinajstić information content (AvgIpc) is 2.32. The Bertz CT molecular complexity index is 597. The summed E-state index contributed by atoms with van der Waals surface area (Å²) in [5.41, 5.74) is 2.58. The molecule has 1 aromatic heterocycles. The summed E-state index contributed by atoms with van der Waals surface area (Å²) in [6, 6.07) is 8.06. The van der Waals surface area contributed by atoms with Crippen LogP contribution in [0.15, 0.2) is 39.4 Å². The van der Waals surface area contributed by atoms with E-state index in [1.54, 1.807) is 6.20 Å². The van der Waals surface area contributed by atoms with Crippen LogP contribution in [-0.4, -0.2) is 4.98 Å². The second-order valence-corrected chi connectivity index (χ2v) is 6.49. The maximum absolute atomic E-state index is 5.80. The third-order valence-corrected chi connectivity index (χ3v) is 3.85. The molecule has 19 heavy (non-hydrogen) atoms. The standard InChI is InChI=1S/C15H15Br2NO/c1-9(2)13-5-4-12(6-10(13)3)19-15-14(17)7-11(16)8-18-15/h4-9H,1-3H3. The predicted molar refractivity (Wildman–Crippen MR) is 85.0 cm³/mol. The van der Waals surface area contributed by atoms with E-state index in [1.807, 2.05) is 18.2 Å². The highest BCUT2D eigenvalue weighted by molar-refractivity contribution is 9.11. The molecule has 2 aromatic rings. The van der Waals surface area contributed by atoms with E-state index in [2.05, 4.69) is 63.7 Å². The lowest BCUT2D eigenvalue weighted by molar-refractivity contribution is 0.458. The number of ether oxygens (including phenoxy) is 1. The van der Waals surface area contributed by atoms with Crippen molar-refractivity contribution in [2.24, 2.45) is 0 Å². The molecule has 0 saturated heterocycles. The van der Waals surface area contributed by atoms with Gasteiger partial charge in [-0.25, -0.2) is 4.98 Å². The molecule has 100 valence electrons. The maximum atomic E-state index is 5.80. The van der Waals surface area contributed by atoms with Crippen molar-refractivity contribution in [3.63, 3.8) is 0 Å². The fourth-order valence-corrected chi connectivity index (χ4v) is 3.02. The van der Waals surface area contributed by atoms with Crippen molar-refractivity contribution in [1.29, 1.82) is 0 Å². The third-order valence-electron chi connectivity index (χ3n) is 2.85. The number of benzene rings is 1. The Morgan fingerprint density at radius 2 is 1.89 bits per heavy atom. The SMILES string of the molecule is Cc1cc(Oc2ncc(Br)cc2Br)ccc1C(C)C. The van der Waals surface area contributed by atoms with Crippen LogP contribution in [0.4, 0.5) is 0 Å². The molecule has 0 aliphatic rings. The van der Waals surface area contributed by atoms with Crippen molar-refractivity contribution in [3.8, 4) is 11.6 Å². The second kappa shape index (κ2) is 6.06. The van der Waals surface area contributed by atoms with Crippen LogP contribution in [0.1, 0.15) is 30.9 Å². The summed E-state index contributed by atoms with van der Waals surface area (Å²) in [7, 11) is 0. The summed E-state index contributed by atoms with van der Waals surface area (Å²) < 4.78 is 7.54. The summed E-state index contributed by atoms with van der Waals surface area (Å²) >= 11 is 6.81. The van der Waals surface area contributed by atoms with Gasteiger partial charge in [-0.1, -0.05) is 19.9 Å². The van der Waals surface area contributed by atoms with Crippen LogP contribution in [-0.2, 0) is 0 Å². The Morgan fingerprint density at radius 3 is 2.47 bits per heavy atom. The minimum Gasteiger partial charge on any atom is -0.438 e. The largest absolute Gasteiger partial charge is 0.438 e. The normalized spacial score (nSPS) is 10.8. The van der Waals surface area contributed by atoms with Gasteiger partial charge in [-0.05, 0) is 74.0 Å². The first-order chi connectivity index (χ1) is 8.97. The van der Waals surface area contributed by atoms with Crippen LogP contribution < -0.4 is 4.74 Å². The summed E-state index contributed by atoms with van der Waals surface area (Å²) in [5.74, 6) is 1.89. The molecule has 0 N–H and O–H groups in total. The molecular weight excluding hydrogens is 370 g/mol. The van der Waals surface area contributed by atoms with Crippen LogP contribution >= 0.6 is 31.9 Å². The zero-order valence-corrected chi connectivity index (χ0v) is 14.2. The molecule has 1 aromatic carbocycles. The Labute approximate surface area is 130 Å². The summed E-state index contributed by atoms with van der Waals surface area (Å²) in [6.45, 7) is 6.48. The number of halogens is 2. The smallest absolute Gasteiger partial charge is 0.233 e. The van der Waals surface area contributed by atoms with Crippen LogP contribution in [0.2, 0.25) is 0 Å². The van der Waals surface area contributed by atoms with Gasteiger partial charge in [0.15, 0.2) is 0 Å². The predicted octanol–water partition coefficient (Wildman–Crippen LogP) is 5.83. The molecule has 0 radical (unpaired) electrons. The van der Waals surface area contributed by atoms with E-state index >= 15 is 0 Å². The highest BCUT2D eigenvalue weighted by atomic mass is 79.9. The monoisotopic (exact) mass is 383 g/mol. The van der Waals surface area contributed by atoms with E-state index in [9.17, 15) is 0 Å². The molecule has 0 saturated carbocycles. The van der Waals surface area contributed by atoms with Gasteiger partial charge in [-0.15, -0.1) is 0 Å². The van der Waals surface area contributed by atoms with Gasteiger partial charge < -0.3 is 4.74 Å². The minimum atomic E-state index is 0.520. The zero-order valence-electron chi connectivity index (χ0n) is 11.1. The average molecular weight is 385 g/mol. The van der Waals surface area contributed by atoms with Crippen LogP contribution in [0.3, 0.4) is 0 Å². The summed E-state index contributed by atoms with van der Waals surface area (Å²) in [5, 5.41) is 0. The van der Waals surface area contributed by atoms with E-state index in [4.69, 9.17) is 4.74 Å². The number of aryl methyl sites for hydroxylation is 1. The van der Waals surface area contributed by atoms with Gasteiger partial charge in [-0.2, -0.15) is 0 Å². The van der Waals surface area contributed by atoms with E-state index < -0.39 is 0 Å². The number of hydrogen-bond donors (Lipinski definition) is 0. The molecule has 0 aliphatic carbocycles. The van der Waals surface area contributed by atoms with E-state index in [0.29, 0.717) is 11.8 Å². The number of hydrogen-bond acceptors (Lipinski definition) is 2. The van der Waals surface area contributed by atoms with Crippen molar-refractivity contribution >= 4 is 31.9 Å². The van der Waals surface area contributed by atoms with Gasteiger partial charge in [0.2, 0.25) is 5.88 Å². The van der Waals surface area contributed by atoms with Crippen LogP contribution in [0.25, 0.3) is 0 Å². The van der Waals surface area contributed by atoms with E-state index in [1.165, 1.54) is 11.1 Å². The van der Waals surface area contributed by atoms with Crippen molar-refractivity contribution in [3.05, 3.63) is 50.5 Å². The molecule has 2 nitrogen and oxygen atoms in total. The fraction of sp³-hybridized carbons (Fsp3) is 0.267. The highest BCUT2D eigenvalue weighted by Crippen LogP contribution is 2.31. The lowest BCUT2D eigenvalue weighted by Crippen LogP contribution is -1.94. The number of aromatic nitrogens is 1. The molecule has 0 aliphatic heterocycles. The fourth-order valence-electron chi connectivity index (χ4n) is 1.95. The van der Waals surface area contributed by atoms with Crippen molar-refractivity contribution < 1.29 is 4.74 Å². The molecule has 0 amide bonds. The molecule has 1 heterocycles. The van der Waals surface area contributed by atoms with Crippen LogP contribution in [0.5, 0.6) is 11.6 Å². The molecule has 0 fully saturated rings. The molecule has 0 atom stereocenters. The van der Waals surface area contributed by atoms with Gasteiger partial charge in [0.25, 0.3) is 0 Å². The van der Waals surface area contributed by atoms with Crippen LogP contribution in [0, 0.1) is 6.92 Å². The van der Waals surface area contributed by atoms with Gasteiger partial charge in [-0.3, -0.25) is 0 Å². The third kappa shape index (κ3) is 3.57. The highest BCUT2D eigenvalue weighted by Gasteiger charge is 2.08. The molecule has 4 heteroatoms. The number of nitrogens with zero attached hydrogens (tertiary/aromatic N) is 1. The summed E-state index contributed by atoms with van der Waals surface area (Å²) in [6.07, 6.45) is 1.72. The van der Waals surface area contributed by atoms with Crippen molar-refractivity contribution in [2.75, 3.05) is 0 Å². The summed E-state index contributed by atoms with van der Waals surface area (Å²) in [4.78, 5) is 4.24. The Morgan fingerprint density at radius 1 is 1.16 bits per heavy atom. The topological polar surface area (TPSA) is 22.1 Å². The quantitative estimate of drug-likeness (QED) is 0.663. The Balaban J connectivity index is 2.26. The van der Waals surface area contributed by atoms with Crippen molar-refractivity contribution in [2.45, 2.75) is 26.7 Å². The Hall–Kier alpha value is -0.870. The second-order valence-electron chi connectivity index (χ2n) is 4.72. The van der Waals surface area contributed by atoms with E-state index in [-0.39, 0.29) is 0 Å². The van der Waals surface area contributed by atoms with E-state index in [0.717, 1.165) is 14.7 Å². The first-order valence-electron chi connectivity index (χ1n) is 6.07. The lowest BCUT2D eigenvalue weighted by atomic mass is 9.98. The molecule has 2 rings (SSSR count). The number of rotatable bonds is 3. The van der Waals surface area contributed by atoms with Crippen molar-refractivity contribution in [1.82, 2.24) is 4.98 Å². The molecule has 0 spiro atoms. The molecule has 0 unspecified atom stereocenters. The Kier molecular flexibility index (Phi) is 4.63. The molecule has 0 bridgehead atoms. The van der Waals surface area contributed by atoms with Gasteiger partial charge in [0.1, 0.15) is 5.75 Å². The zero-order chi connectivity index (χ0) is 14.0. The lowest BCUT2D eigenvalue weighted by Gasteiger charge is -2.12. The number of pyridine rings is 1. The first-order valence-corrected chi connectivity index (χ1v) is 7.65.